The molecule has 0 saturated heterocycles. The zero-order valence-corrected chi connectivity index (χ0v) is 18.8. The Hall–Kier alpha value is -3.52. The van der Waals surface area contributed by atoms with Crippen LogP contribution in [0.3, 0.4) is 0 Å². The zero-order valence-electron chi connectivity index (χ0n) is 18.8. The molecular weight excluding hydrogens is 404 g/mol. The van der Waals surface area contributed by atoms with E-state index >= 15 is 0 Å². The molecule has 1 aromatic heterocycles. The number of nitrogens with zero attached hydrogens (tertiary/aromatic N) is 4. The Labute approximate surface area is 187 Å². The summed E-state index contributed by atoms with van der Waals surface area (Å²) < 4.78 is 0. The van der Waals surface area contributed by atoms with Crippen LogP contribution < -0.4 is 15.5 Å². The van der Waals surface area contributed by atoms with E-state index in [-0.39, 0.29) is 5.91 Å². The topological polar surface area (TPSA) is 103 Å². The third-order valence-corrected chi connectivity index (χ3v) is 5.66. The molecule has 32 heavy (non-hydrogen) atoms. The molecule has 1 aliphatic heterocycles. The first kappa shape index (κ1) is 21.7. The van der Waals surface area contributed by atoms with Crippen molar-refractivity contribution in [3.8, 4) is 0 Å². The SMILES string of the molecule is CC(=O)Nc1cccc(Nc2ncnc(N3CCc4cc(C(C)(C)O)ccc4C3)n2)c1C. The largest absolute Gasteiger partial charge is 0.386 e. The number of anilines is 4. The van der Waals surface area contributed by atoms with Crippen LogP contribution in [0.1, 0.15) is 43.0 Å². The second-order valence-electron chi connectivity index (χ2n) is 8.61. The van der Waals surface area contributed by atoms with Crippen molar-refractivity contribution in [3.63, 3.8) is 0 Å². The van der Waals surface area contributed by atoms with E-state index in [1.54, 1.807) is 13.8 Å². The highest BCUT2D eigenvalue weighted by atomic mass is 16.3. The highest BCUT2D eigenvalue weighted by molar-refractivity contribution is 5.90. The van der Waals surface area contributed by atoms with Crippen LogP contribution in [0.25, 0.3) is 0 Å². The average Bonchev–Trinajstić information content (AvgIpc) is 2.75. The first-order chi connectivity index (χ1) is 15.2. The number of fused-ring (bicyclic) bond motifs is 1. The molecule has 3 N–H and O–H groups in total. The monoisotopic (exact) mass is 432 g/mol. The van der Waals surface area contributed by atoms with Crippen LogP contribution in [0.15, 0.2) is 42.7 Å². The summed E-state index contributed by atoms with van der Waals surface area (Å²) in [7, 11) is 0. The molecule has 0 aliphatic carbocycles. The number of hydrogen-bond donors (Lipinski definition) is 3. The van der Waals surface area contributed by atoms with Crippen LogP contribution in [-0.2, 0) is 23.4 Å². The van der Waals surface area contributed by atoms with Gasteiger partial charge < -0.3 is 20.6 Å². The molecule has 8 heteroatoms. The van der Waals surface area contributed by atoms with E-state index in [0.29, 0.717) is 18.4 Å². The van der Waals surface area contributed by atoms with Crippen molar-refractivity contribution in [1.82, 2.24) is 15.0 Å². The number of aromatic nitrogens is 3. The van der Waals surface area contributed by atoms with Gasteiger partial charge in [-0.25, -0.2) is 9.97 Å². The van der Waals surface area contributed by atoms with Gasteiger partial charge >= 0.3 is 0 Å². The van der Waals surface area contributed by atoms with Crippen LogP contribution in [0, 0.1) is 6.92 Å². The molecule has 2 aromatic carbocycles. The molecule has 0 radical (unpaired) electrons. The van der Waals surface area contributed by atoms with E-state index < -0.39 is 5.60 Å². The van der Waals surface area contributed by atoms with Gasteiger partial charge in [-0.05, 0) is 61.6 Å². The van der Waals surface area contributed by atoms with Crippen molar-refractivity contribution in [2.24, 2.45) is 0 Å². The van der Waals surface area contributed by atoms with Gasteiger partial charge in [-0.15, -0.1) is 0 Å². The lowest BCUT2D eigenvalue weighted by Crippen LogP contribution is -2.32. The molecule has 0 saturated carbocycles. The summed E-state index contributed by atoms with van der Waals surface area (Å²) in [5.41, 5.74) is 4.99. The minimum Gasteiger partial charge on any atom is -0.386 e. The first-order valence-corrected chi connectivity index (χ1v) is 10.6. The normalized spacial score (nSPS) is 13.5. The lowest BCUT2D eigenvalue weighted by Gasteiger charge is -2.30. The standard InChI is InChI=1S/C24H28N6O2/c1-15-20(27-16(2)31)6-5-7-21(15)28-22-25-14-26-23(29-22)30-11-10-17-12-19(24(3,4)32)9-8-18(17)13-30/h5-9,12,14,32H,10-11,13H2,1-4H3,(H,27,31)(H,25,26,28,29). The van der Waals surface area contributed by atoms with E-state index in [2.05, 4.69) is 42.6 Å². The summed E-state index contributed by atoms with van der Waals surface area (Å²) in [5, 5.41) is 16.4. The van der Waals surface area contributed by atoms with Crippen molar-refractivity contribution in [1.29, 1.82) is 0 Å². The summed E-state index contributed by atoms with van der Waals surface area (Å²) in [5.74, 6) is 0.935. The maximum atomic E-state index is 11.4. The van der Waals surface area contributed by atoms with Gasteiger partial charge in [-0.1, -0.05) is 24.3 Å². The molecule has 0 fully saturated rings. The molecule has 1 amide bonds. The van der Waals surface area contributed by atoms with Crippen LogP contribution in [0.5, 0.6) is 0 Å². The number of carbonyl (C=O) groups excluding carboxylic acids is 1. The molecule has 2 heterocycles. The second-order valence-corrected chi connectivity index (χ2v) is 8.61. The maximum absolute atomic E-state index is 11.4. The third kappa shape index (κ3) is 4.70. The van der Waals surface area contributed by atoms with Crippen LogP contribution >= 0.6 is 0 Å². The van der Waals surface area contributed by atoms with Gasteiger partial charge in [0.15, 0.2) is 0 Å². The average molecular weight is 433 g/mol. The summed E-state index contributed by atoms with van der Waals surface area (Å²) in [6, 6.07) is 11.8. The summed E-state index contributed by atoms with van der Waals surface area (Å²) in [6.07, 6.45) is 2.36. The van der Waals surface area contributed by atoms with Crippen molar-refractivity contribution in [2.75, 3.05) is 22.1 Å². The summed E-state index contributed by atoms with van der Waals surface area (Å²) in [4.78, 5) is 26.8. The van der Waals surface area contributed by atoms with Gasteiger partial charge in [0.2, 0.25) is 17.8 Å². The molecule has 1 aliphatic rings. The fourth-order valence-corrected chi connectivity index (χ4v) is 3.82. The zero-order chi connectivity index (χ0) is 22.9. The van der Waals surface area contributed by atoms with Crippen LogP contribution in [-0.4, -0.2) is 32.5 Å². The Morgan fingerprint density at radius 1 is 1.12 bits per heavy atom. The van der Waals surface area contributed by atoms with E-state index in [0.717, 1.165) is 35.5 Å². The highest BCUT2D eigenvalue weighted by Gasteiger charge is 2.22. The predicted octanol–water partition coefficient (Wildman–Crippen LogP) is 3.67. The van der Waals surface area contributed by atoms with Gasteiger partial charge in [0.25, 0.3) is 0 Å². The number of hydrogen-bond acceptors (Lipinski definition) is 7. The van der Waals surface area contributed by atoms with Crippen molar-refractivity contribution < 1.29 is 9.90 Å². The van der Waals surface area contributed by atoms with Crippen molar-refractivity contribution in [2.45, 2.75) is 46.3 Å². The summed E-state index contributed by atoms with van der Waals surface area (Å²) in [6.45, 7) is 8.50. The third-order valence-electron chi connectivity index (χ3n) is 5.66. The number of nitrogens with one attached hydrogen (secondary N) is 2. The fourth-order valence-electron chi connectivity index (χ4n) is 3.82. The highest BCUT2D eigenvalue weighted by Crippen LogP contribution is 2.29. The number of benzene rings is 2. The minimum atomic E-state index is -0.851. The van der Waals surface area contributed by atoms with E-state index in [1.807, 2.05) is 31.2 Å². The number of amides is 1. The Bertz CT molecular complexity index is 1160. The van der Waals surface area contributed by atoms with E-state index in [1.165, 1.54) is 24.4 Å². The molecule has 3 aromatic rings. The molecule has 0 spiro atoms. The maximum Gasteiger partial charge on any atom is 0.232 e. The Morgan fingerprint density at radius 2 is 1.91 bits per heavy atom. The molecule has 8 nitrogen and oxygen atoms in total. The Kier molecular flexibility index (Phi) is 5.80. The quantitative estimate of drug-likeness (QED) is 0.565. The minimum absolute atomic E-state index is 0.118. The Morgan fingerprint density at radius 3 is 2.66 bits per heavy atom. The molecule has 0 atom stereocenters. The molecule has 166 valence electrons. The van der Waals surface area contributed by atoms with Crippen LogP contribution in [0.2, 0.25) is 0 Å². The molecule has 0 bridgehead atoms. The summed E-state index contributed by atoms with van der Waals surface area (Å²) >= 11 is 0. The fraction of sp³-hybridized carbons (Fsp3) is 0.333. The number of carbonyl (C=O) groups is 1. The predicted molar refractivity (Wildman–Crippen MR) is 125 cm³/mol. The number of aliphatic hydroxyl groups is 1. The van der Waals surface area contributed by atoms with Gasteiger partial charge in [-0.3, -0.25) is 4.79 Å². The van der Waals surface area contributed by atoms with Gasteiger partial charge in [-0.2, -0.15) is 4.98 Å². The first-order valence-electron chi connectivity index (χ1n) is 10.6. The van der Waals surface area contributed by atoms with Crippen molar-refractivity contribution in [3.05, 3.63) is 65.0 Å². The van der Waals surface area contributed by atoms with Crippen molar-refractivity contribution >= 4 is 29.2 Å². The number of rotatable bonds is 5. The van der Waals surface area contributed by atoms with Gasteiger partial charge in [0.05, 0.1) is 5.60 Å². The van der Waals surface area contributed by atoms with E-state index in [9.17, 15) is 9.90 Å². The van der Waals surface area contributed by atoms with Gasteiger partial charge in [0, 0.05) is 31.4 Å². The van der Waals surface area contributed by atoms with Gasteiger partial charge in [0.1, 0.15) is 6.33 Å². The Balaban J connectivity index is 1.53. The molecule has 4 rings (SSSR count). The van der Waals surface area contributed by atoms with Crippen LogP contribution in [0.4, 0.5) is 23.3 Å². The molecule has 0 unspecified atom stereocenters. The molecular formula is C24H28N6O2. The smallest absolute Gasteiger partial charge is 0.232 e. The lowest BCUT2D eigenvalue weighted by molar-refractivity contribution is -0.114. The second kappa shape index (κ2) is 8.55. The lowest BCUT2D eigenvalue weighted by atomic mass is 9.91. The van der Waals surface area contributed by atoms with E-state index in [4.69, 9.17) is 0 Å².